The Morgan fingerprint density at radius 2 is 2.25 bits per heavy atom. The molecule has 0 aliphatic heterocycles. The number of alkyl halides is 1. The number of hydrogen-bond acceptors (Lipinski definition) is 1. The van der Waals surface area contributed by atoms with E-state index >= 15 is 0 Å². The van der Waals surface area contributed by atoms with Crippen LogP contribution in [0.15, 0.2) is 24.3 Å². The molecule has 1 amide bonds. The topological polar surface area (TPSA) is 29.1 Å². The van der Waals surface area contributed by atoms with Gasteiger partial charge in [-0.25, -0.2) is 0 Å². The van der Waals surface area contributed by atoms with Gasteiger partial charge in [0.05, 0.1) is 0 Å². The number of nitrogens with one attached hydrogen (secondary N) is 1. The zero-order chi connectivity index (χ0) is 12.0. The molecule has 1 aromatic rings. The molecule has 3 heteroatoms. The smallest absolute Gasteiger partial charge is 0.227 e. The Labute approximate surface area is 106 Å². The van der Waals surface area contributed by atoms with Gasteiger partial charge in [0, 0.05) is 16.9 Å². The Bertz CT molecular complexity index is 352. The SMILES string of the molecule is CCCC(C)C(=O)Nc1cccc(CBr)c1. The largest absolute Gasteiger partial charge is 0.326 e. The predicted molar refractivity (Wildman–Crippen MR) is 71.8 cm³/mol. The van der Waals surface area contributed by atoms with Gasteiger partial charge in [-0.2, -0.15) is 0 Å². The van der Waals surface area contributed by atoms with Gasteiger partial charge < -0.3 is 5.32 Å². The summed E-state index contributed by atoms with van der Waals surface area (Å²) in [6.07, 6.45) is 1.97. The van der Waals surface area contributed by atoms with E-state index in [1.165, 1.54) is 5.56 Å². The van der Waals surface area contributed by atoms with Crippen LogP contribution in [0.5, 0.6) is 0 Å². The van der Waals surface area contributed by atoms with Crippen molar-refractivity contribution in [3.05, 3.63) is 29.8 Å². The van der Waals surface area contributed by atoms with Crippen molar-refractivity contribution in [2.75, 3.05) is 5.32 Å². The van der Waals surface area contributed by atoms with Crippen LogP contribution in [0.2, 0.25) is 0 Å². The van der Waals surface area contributed by atoms with Gasteiger partial charge in [-0.15, -0.1) is 0 Å². The van der Waals surface area contributed by atoms with Gasteiger partial charge in [-0.05, 0) is 24.1 Å². The van der Waals surface area contributed by atoms with E-state index in [4.69, 9.17) is 0 Å². The minimum Gasteiger partial charge on any atom is -0.326 e. The molecule has 88 valence electrons. The van der Waals surface area contributed by atoms with Gasteiger partial charge in [-0.1, -0.05) is 48.3 Å². The first-order valence-electron chi connectivity index (χ1n) is 5.63. The van der Waals surface area contributed by atoms with Crippen molar-refractivity contribution < 1.29 is 4.79 Å². The number of hydrogen-bond donors (Lipinski definition) is 1. The lowest BCUT2D eigenvalue weighted by molar-refractivity contribution is -0.119. The van der Waals surface area contributed by atoms with Crippen LogP contribution in [-0.4, -0.2) is 5.91 Å². The lowest BCUT2D eigenvalue weighted by Gasteiger charge is -2.11. The van der Waals surface area contributed by atoms with Crippen molar-refractivity contribution >= 4 is 27.5 Å². The minimum absolute atomic E-state index is 0.0811. The molecule has 1 unspecified atom stereocenters. The highest BCUT2D eigenvalue weighted by molar-refractivity contribution is 9.08. The average Bonchev–Trinajstić information content (AvgIpc) is 2.29. The van der Waals surface area contributed by atoms with Gasteiger partial charge in [0.1, 0.15) is 0 Å². The van der Waals surface area contributed by atoms with Crippen LogP contribution in [0, 0.1) is 5.92 Å². The zero-order valence-electron chi connectivity index (χ0n) is 9.79. The van der Waals surface area contributed by atoms with E-state index in [-0.39, 0.29) is 11.8 Å². The highest BCUT2D eigenvalue weighted by atomic mass is 79.9. The van der Waals surface area contributed by atoms with Gasteiger partial charge >= 0.3 is 0 Å². The maximum Gasteiger partial charge on any atom is 0.227 e. The Kier molecular flexibility index (Phi) is 5.53. The molecular formula is C13H18BrNO. The molecule has 0 aliphatic carbocycles. The van der Waals surface area contributed by atoms with Gasteiger partial charge in [-0.3, -0.25) is 4.79 Å². The third kappa shape index (κ3) is 3.97. The molecule has 1 N–H and O–H groups in total. The Hall–Kier alpha value is -0.830. The number of rotatable bonds is 5. The normalized spacial score (nSPS) is 12.2. The van der Waals surface area contributed by atoms with E-state index in [1.807, 2.05) is 31.2 Å². The molecule has 1 atom stereocenters. The van der Waals surface area contributed by atoms with E-state index in [1.54, 1.807) is 0 Å². The Balaban J connectivity index is 2.61. The van der Waals surface area contributed by atoms with Gasteiger partial charge in [0.2, 0.25) is 5.91 Å². The van der Waals surface area contributed by atoms with Crippen molar-refractivity contribution in [2.24, 2.45) is 5.92 Å². The molecule has 0 saturated heterocycles. The van der Waals surface area contributed by atoms with E-state index < -0.39 is 0 Å². The summed E-state index contributed by atoms with van der Waals surface area (Å²) in [4.78, 5) is 11.8. The molecule has 0 aliphatic rings. The number of anilines is 1. The quantitative estimate of drug-likeness (QED) is 0.815. The second-order valence-corrected chi connectivity index (χ2v) is 4.57. The summed E-state index contributed by atoms with van der Waals surface area (Å²) in [5.74, 6) is 0.186. The summed E-state index contributed by atoms with van der Waals surface area (Å²) in [5.41, 5.74) is 2.05. The van der Waals surface area contributed by atoms with E-state index in [9.17, 15) is 4.79 Å². The molecule has 0 saturated carbocycles. The van der Waals surface area contributed by atoms with Crippen LogP contribution in [0.3, 0.4) is 0 Å². The van der Waals surface area contributed by atoms with Gasteiger partial charge in [0.15, 0.2) is 0 Å². The number of amides is 1. The molecule has 1 aromatic carbocycles. The number of halogens is 1. The third-order valence-corrected chi connectivity index (χ3v) is 3.17. The Morgan fingerprint density at radius 1 is 1.50 bits per heavy atom. The first kappa shape index (κ1) is 13.2. The fourth-order valence-electron chi connectivity index (χ4n) is 1.56. The first-order valence-corrected chi connectivity index (χ1v) is 6.75. The van der Waals surface area contributed by atoms with E-state index in [0.29, 0.717) is 0 Å². The molecular weight excluding hydrogens is 266 g/mol. The molecule has 0 radical (unpaired) electrons. The van der Waals surface area contributed by atoms with Crippen molar-refractivity contribution in [3.63, 3.8) is 0 Å². The second kappa shape index (κ2) is 6.69. The summed E-state index contributed by atoms with van der Waals surface area (Å²) >= 11 is 3.40. The standard InChI is InChI=1S/C13H18BrNO/c1-3-5-10(2)13(16)15-12-7-4-6-11(8-12)9-14/h4,6-8,10H,3,5,9H2,1-2H3,(H,15,16). The number of carbonyl (C=O) groups is 1. The number of benzene rings is 1. The van der Waals surface area contributed by atoms with E-state index in [2.05, 4.69) is 28.2 Å². The summed E-state index contributed by atoms with van der Waals surface area (Å²) in [5, 5.41) is 3.75. The molecule has 2 nitrogen and oxygen atoms in total. The Morgan fingerprint density at radius 3 is 2.88 bits per heavy atom. The predicted octanol–water partition coefficient (Wildman–Crippen LogP) is 3.96. The summed E-state index contributed by atoms with van der Waals surface area (Å²) in [6, 6.07) is 7.89. The summed E-state index contributed by atoms with van der Waals surface area (Å²) in [7, 11) is 0. The third-order valence-electron chi connectivity index (χ3n) is 2.52. The first-order chi connectivity index (χ1) is 7.67. The number of carbonyl (C=O) groups excluding carboxylic acids is 1. The molecule has 0 aromatic heterocycles. The van der Waals surface area contributed by atoms with Crippen LogP contribution in [0.4, 0.5) is 5.69 Å². The van der Waals surface area contributed by atoms with Crippen LogP contribution < -0.4 is 5.32 Å². The van der Waals surface area contributed by atoms with Crippen LogP contribution in [0.1, 0.15) is 32.3 Å². The fraction of sp³-hybridized carbons (Fsp3) is 0.462. The van der Waals surface area contributed by atoms with Gasteiger partial charge in [0.25, 0.3) is 0 Å². The van der Waals surface area contributed by atoms with Crippen LogP contribution in [0.25, 0.3) is 0 Å². The van der Waals surface area contributed by atoms with E-state index in [0.717, 1.165) is 23.9 Å². The van der Waals surface area contributed by atoms with Crippen LogP contribution in [-0.2, 0) is 10.1 Å². The van der Waals surface area contributed by atoms with Crippen molar-refractivity contribution in [3.8, 4) is 0 Å². The molecule has 0 heterocycles. The van der Waals surface area contributed by atoms with Crippen molar-refractivity contribution in [2.45, 2.75) is 32.0 Å². The zero-order valence-corrected chi connectivity index (χ0v) is 11.4. The van der Waals surface area contributed by atoms with Crippen molar-refractivity contribution in [1.82, 2.24) is 0 Å². The summed E-state index contributed by atoms with van der Waals surface area (Å²) in [6.45, 7) is 4.06. The minimum atomic E-state index is 0.0811. The molecule has 16 heavy (non-hydrogen) atoms. The second-order valence-electron chi connectivity index (χ2n) is 4.01. The monoisotopic (exact) mass is 283 g/mol. The van der Waals surface area contributed by atoms with Crippen molar-refractivity contribution in [1.29, 1.82) is 0 Å². The molecule has 0 bridgehead atoms. The fourth-order valence-corrected chi connectivity index (χ4v) is 1.91. The maximum absolute atomic E-state index is 11.8. The maximum atomic E-state index is 11.8. The lowest BCUT2D eigenvalue weighted by Crippen LogP contribution is -2.20. The molecule has 0 fully saturated rings. The molecule has 1 rings (SSSR count). The highest BCUT2D eigenvalue weighted by Crippen LogP contribution is 2.15. The highest BCUT2D eigenvalue weighted by Gasteiger charge is 2.11. The summed E-state index contributed by atoms with van der Waals surface area (Å²) < 4.78 is 0. The molecule has 0 spiro atoms. The average molecular weight is 284 g/mol. The van der Waals surface area contributed by atoms with Crippen LogP contribution >= 0.6 is 15.9 Å². The lowest BCUT2D eigenvalue weighted by atomic mass is 10.1.